The van der Waals surface area contributed by atoms with Crippen molar-refractivity contribution in [1.82, 2.24) is 20.2 Å². The molecule has 2 aromatic rings. The lowest BCUT2D eigenvalue weighted by Gasteiger charge is -2.07. The molecule has 108 valence electrons. The molecule has 0 atom stereocenters. The maximum Gasteiger partial charge on any atom is 0.183 e. The van der Waals surface area contributed by atoms with Crippen LogP contribution in [0.15, 0.2) is 18.2 Å². The molecule has 1 aromatic carbocycles. The molecule has 0 bridgehead atoms. The molecular formula is C12H16ClN5O2. The normalized spacial score (nSPS) is 10.9. The molecule has 0 unspecified atom stereocenters. The Morgan fingerprint density at radius 2 is 2.15 bits per heavy atom. The second kappa shape index (κ2) is 7.18. The van der Waals surface area contributed by atoms with Crippen LogP contribution in [0.25, 0.3) is 11.4 Å². The third kappa shape index (κ3) is 3.66. The van der Waals surface area contributed by atoms with Gasteiger partial charge in [0.05, 0.1) is 31.4 Å². The van der Waals surface area contributed by atoms with E-state index < -0.39 is 0 Å². The van der Waals surface area contributed by atoms with E-state index in [4.69, 9.17) is 26.8 Å². The fourth-order valence-electron chi connectivity index (χ4n) is 1.66. The summed E-state index contributed by atoms with van der Waals surface area (Å²) in [6.07, 6.45) is 0. The van der Waals surface area contributed by atoms with Gasteiger partial charge in [-0.3, -0.25) is 0 Å². The summed E-state index contributed by atoms with van der Waals surface area (Å²) >= 11 is 6.15. The van der Waals surface area contributed by atoms with Gasteiger partial charge in [0.2, 0.25) is 0 Å². The Labute approximate surface area is 121 Å². The lowest BCUT2D eigenvalue weighted by molar-refractivity contribution is 0.0654. The highest BCUT2D eigenvalue weighted by Gasteiger charge is 2.12. The Hall–Kier alpha value is -1.70. The van der Waals surface area contributed by atoms with Crippen LogP contribution >= 0.6 is 11.6 Å². The number of nitrogen functional groups attached to an aromatic ring is 1. The summed E-state index contributed by atoms with van der Waals surface area (Å²) in [5.41, 5.74) is 7.07. The van der Waals surface area contributed by atoms with Gasteiger partial charge in [0.15, 0.2) is 5.82 Å². The third-order valence-corrected chi connectivity index (χ3v) is 2.97. The number of aromatic nitrogens is 4. The van der Waals surface area contributed by atoms with Gasteiger partial charge in [-0.1, -0.05) is 11.6 Å². The van der Waals surface area contributed by atoms with Crippen LogP contribution < -0.4 is 5.73 Å². The van der Waals surface area contributed by atoms with Gasteiger partial charge in [-0.15, -0.1) is 5.10 Å². The summed E-state index contributed by atoms with van der Waals surface area (Å²) in [5.74, 6) is 0.567. The van der Waals surface area contributed by atoms with Gasteiger partial charge in [0.1, 0.15) is 0 Å². The average molecular weight is 298 g/mol. The van der Waals surface area contributed by atoms with E-state index in [-0.39, 0.29) is 0 Å². The number of hydrogen-bond acceptors (Lipinski definition) is 6. The van der Waals surface area contributed by atoms with Gasteiger partial charge in [-0.05, 0) is 28.6 Å². The Morgan fingerprint density at radius 3 is 2.95 bits per heavy atom. The molecular weight excluding hydrogens is 282 g/mol. The van der Waals surface area contributed by atoms with Gasteiger partial charge in [0.25, 0.3) is 0 Å². The first-order chi connectivity index (χ1) is 9.72. The lowest BCUT2D eigenvalue weighted by Crippen LogP contribution is -2.11. The molecule has 0 saturated carbocycles. The van der Waals surface area contributed by atoms with Crippen LogP contribution in [0.5, 0.6) is 0 Å². The van der Waals surface area contributed by atoms with E-state index in [0.717, 1.165) is 0 Å². The fourth-order valence-corrected chi connectivity index (χ4v) is 1.86. The van der Waals surface area contributed by atoms with E-state index in [1.807, 2.05) is 0 Å². The maximum absolute atomic E-state index is 6.15. The number of ether oxygens (including phenoxy) is 2. The highest BCUT2D eigenvalue weighted by atomic mass is 35.5. The number of anilines is 1. The van der Waals surface area contributed by atoms with Crippen molar-refractivity contribution in [3.63, 3.8) is 0 Å². The van der Waals surface area contributed by atoms with Crippen molar-refractivity contribution in [3.05, 3.63) is 23.2 Å². The smallest absolute Gasteiger partial charge is 0.183 e. The number of methoxy groups -OCH3 is 1. The number of nitrogens with zero attached hydrogens (tertiary/aromatic N) is 4. The van der Waals surface area contributed by atoms with Crippen molar-refractivity contribution in [3.8, 4) is 11.4 Å². The van der Waals surface area contributed by atoms with E-state index in [1.54, 1.807) is 30.0 Å². The fraction of sp³-hybridized carbons (Fsp3) is 0.417. The standard InChI is InChI=1S/C12H16ClN5O2/c1-19-6-7-20-5-4-18-12(15-16-17-18)10-8-9(14)2-3-11(10)13/h2-3,8H,4-7,14H2,1H3. The van der Waals surface area contributed by atoms with E-state index in [9.17, 15) is 0 Å². The minimum Gasteiger partial charge on any atom is -0.399 e. The predicted molar refractivity (Wildman–Crippen MR) is 75.4 cm³/mol. The van der Waals surface area contributed by atoms with Crippen LogP contribution in [0.1, 0.15) is 0 Å². The number of halogens is 1. The van der Waals surface area contributed by atoms with E-state index in [0.29, 0.717) is 48.5 Å². The van der Waals surface area contributed by atoms with Crippen LogP contribution in [0.4, 0.5) is 5.69 Å². The van der Waals surface area contributed by atoms with E-state index >= 15 is 0 Å². The molecule has 2 N–H and O–H groups in total. The molecule has 0 saturated heterocycles. The Balaban J connectivity index is 2.06. The molecule has 20 heavy (non-hydrogen) atoms. The largest absolute Gasteiger partial charge is 0.399 e. The molecule has 0 fully saturated rings. The Kier molecular flexibility index (Phi) is 5.28. The summed E-state index contributed by atoms with van der Waals surface area (Å²) in [7, 11) is 1.63. The number of rotatable bonds is 7. The number of nitrogens with two attached hydrogens (primary N) is 1. The monoisotopic (exact) mass is 297 g/mol. The zero-order valence-electron chi connectivity index (χ0n) is 11.1. The van der Waals surface area contributed by atoms with Gasteiger partial charge < -0.3 is 15.2 Å². The van der Waals surface area contributed by atoms with Gasteiger partial charge in [-0.25, -0.2) is 4.68 Å². The first kappa shape index (κ1) is 14.7. The minimum absolute atomic E-state index is 0.487. The molecule has 2 rings (SSSR count). The third-order valence-electron chi connectivity index (χ3n) is 2.64. The molecule has 1 heterocycles. The Bertz CT molecular complexity index is 561. The van der Waals surface area contributed by atoms with Crippen molar-refractivity contribution < 1.29 is 9.47 Å². The van der Waals surface area contributed by atoms with Gasteiger partial charge in [0, 0.05) is 18.4 Å². The van der Waals surface area contributed by atoms with Crippen LogP contribution in [-0.2, 0) is 16.0 Å². The number of tetrazole rings is 1. The molecule has 0 radical (unpaired) electrons. The van der Waals surface area contributed by atoms with E-state index in [1.165, 1.54) is 0 Å². The second-order valence-corrected chi connectivity index (χ2v) is 4.48. The lowest BCUT2D eigenvalue weighted by atomic mass is 10.2. The minimum atomic E-state index is 0.487. The quantitative estimate of drug-likeness (QED) is 0.611. The van der Waals surface area contributed by atoms with Crippen LogP contribution in [0, 0.1) is 0 Å². The van der Waals surface area contributed by atoms with Crippen molar-refractivity contribution in [2.45, 2.75) is 6.54 Å². The van der Waals surface area contributed by atoms with Crippen LogP contribution in [-0.4, -0.2) is 47.1 Å². The van der Waals surface area contributed by atoms with Gasteiger partial charge in [-0.2, -0.15) is 0 Å². The summed E-state index contributed by atoms with van der Waals surface area (Å²) < 4.78 is 11.9. The van der Waals surface area contributed by atoms with Crippen LogP contribution in [0.2, 0.25) is 5.02 Å². The van der Waals surface area contributed by atoms with E-state index in [2.05, 4.69) is 15.5 Å². The SMILES string of the molecule is COCCOCCn1nnnc1-c1cc(N)ccc1Cl. The van der Waals surface area contributed by atoms with Crippen LogP contribution in [0.3, 0.4) is 0 Å². The second-order valence-electron chi connectivity index (χ2n) is 4.07. The summed E-state index contributed by atoms with van der Waals surface area (Å²) in [4.78, 5) is 0. The number of hydrogen-bond donors (Lipinski definition) is 1. The van der Waals surface area contributed by atoms with Crippen molar-refractivity contribution in [2.75, 3.05) is 32.7 Å². The number of benzene rings is 1. The van der Waals surface area contributed by atoms with Crippen molar-refractivity contribution >= 4 is 17.3 Å². The highest BCUT2D eigenvalue weighted by Crippen LogP contribution is 2.27. The molecule has 7 nitrogen and oxygen atoms in total. The first-order valence-corrected chi connectivity index (χ1v) is 6.48. The molecule has 1 aromatic heterocycles. The highest BCUT2D eigenvalue weighted by molar-refractivity contribution is 6.33. The molecule has 8 heteroatoms. The molecule has 0 aliphatic carbocycles. The average Bonchev–Trinajstić information content (AvgIpc) is 2.89. The topological polar surface area (TPSA) is 88.1 Å². The predicted octanol–water partition coefficient (Wildman–Crippen LogP) is 1.24. The van der Waals surface area contributed by atoms with Gasteiger partial charge >= 0.3 is 0 Å². The Morgan fingerprint density at radius 1 is 1.30 bits per heavy atom. The summed E-state index contributed by atoms with van der Waals surface area (Å²) in [6, 6.07) is 5.20. The first-order valence-electron chi connectivity index (χ1n) is 6.10. The zero-order chi connectivity index (χ0) is 14.4. The molecule has 0 aliphatic heterocycles. The summed E-state index contributed by atoms with van der Waals surface area (Å²) in [5, 5.41) is 12.1. The maximum atomic E-state index is 6.15. The molecule has 0 spiro atoms. The molecule has 0 aliphatic rings. The zero-order valence-corrected chi connectivity index (χ0v) is 11.9. The molecule has 0 amide bonds. The van der Waals surface area contributed by atoms with Crippen molar-refractivity contribution in [1.29, 1.82) is 0 Å². The summed E-state index contributed by atoms with van der Waals surface area (Å²) in [6.45, 7) is 2.11. The van der Waals surface area contributed by atoms with Crippen molar-refractivity contribution in [2.24, 2.45) is 0 Å².